The Kier molecular flexibility index (Phi) is 19.3. The molecule has 4 aliphatic carbocycles. The third kappa shape index (κ3) is 11.9. The number of esters is 1. The SMILES string of the molecule is CC1CCC2(OC1)OC1CC3C4CC(O)C5CC(OC6OC(CO)C(OC7OC(CO)C(O)C(OC8OCC(O)C(O)C8O)C7OC7OC(CO)C(O)C(O)C7O)C(O)C6O)C(OC(=O)CC(C)(O)CC(=O)O)CC5(C)C4CCC3(C)C1C2C. The number of hydrogen-bond donors (Lipinski definition) is 15. The lowest BCUT2D eigenvalue weighted by Gasteiger charge is -2.63. The molecule has 34 unspecified atom stereocenters. The largest absolute Gasteiger partial charge is 0.481 e. The van der Waals surface area contributed by atoms with Gasteiger partial charge in [-0.25, -0.2) is 0 Å². The second kappa shape index (κ2) is 25.0. The molecule has 28 nitrogen and oxygen atoms in total. The fourth-order valence-corrected chi connectivity index (χ4v) is 17.0. The first kappa shape index (κ1) is 64.9. The van der Waals surface area contributed by atoms with Gasteiger partial charge in [0.25, 0.3) is 0 Å². The van der Waals surface area contributed by atoms with Gasteiger partial charge in [-0.2, -0.15) is 0 Å². The highest BCUT2D eigenvalue weighted by atomic mass is 16.8. The smallest absolute Gasteiger partial charge is 0.309 e. The van der Waals surface area contributed by atoms with Crippen LogP contribution >= 0.6 is 0 Å². The Morgan fingerprint density at radius 1 is 0.583 bits per heavy atom. The molecule has 10 fully saturated rings. The molecule has 0 aromatic rings. The fourth-order valence-electron chi connectivity index (χ4n) is 17.0. The maximum atomic E-state index is 13.9. The summed E-state index contributed by atoms with van der Waals surface area (Å²) in [7, 11) is 0. The van der Waals surface area contributed by atoms with Crippen molar-refractivity contribution in [3.63, 3.8) is 0 Å². The van der Waals surface area contributed by atoms with Gasteiger partial charge in [0.2, 0.25) is 0 Å². The summed E-state index contributed by atoms with van der Waals surface area (Å²) in [5.74, 6) is -2.31. The second-order valence-electron chi connectivity index (χ2n) is 26.9. The molecule has 6 heterocycles. The van der Waals surface area contributed by atoms with E-state index in [0.29, 0.717) is 18.9 Å². The Bertz CT molecular complexity index is 2250. The number of ether oxygens (including phenoxy) is 11. The normalized spacial score (nSPS) is 53.7. The molecule has 0 bridgehead atoms. The molecule has 0 aromatic heterocycles. The first-order valence-electron chi connectivity index (χ1n) is 29.9. The lowest BCUT2D eigenvalue weighted by molar-refractivity contribution is -0.404. The molecule has 0 amide bonds. The molecule has 6 aliphatic heterocycles. The van der Waals surface area contributed by atoms with E-state index in [9.17, 15) is 86.2 Å². The van der Waals surface area contributed by atoms with Gasteiger partial charge in [-0.05, 0) is 98.2 Å². The van der Waals surface area contributed by atoms with E-state index < -0.39 is 209 Å². The number of aliphatic carboxylic acids is 1. The van der Waals surface area contributed by atoms with Crippen LogP contribution in [0.25, 0.3) is 0 Å². The van der Waals surface area contributed by atoms with Crippen LogP contribution in [0.4, 0.5) is 0 Å². The lowest BCUT2D eigenvalue weighted by atomic mass is 9.43. The first-order chi connectivity index (χ1) is 39.6. The summed E-state index contributed by atoms with van der Waals surface area (Å²) in [6.45, 7) is 7.28. The highest BCUT2D eigenvalue weighted by Crippen LogP contribution is 2.71. The molecule has 34 atom stereocenters. The summed E-state index contributed by atoms with van der Waals surface area (Å²) in [4.78, 5) is 25.6. The summed E-state index contributed by atoms with van der Waals surface area (Å²) >= 11 is 0. The van der Waals surface area contributed by atoms with Crippen molar-refractivity contribution in [2.45, 2.75) is 251 Å². The van der Waals surface area contributed by atoms with Gasteiger partial charge in [0, 0.05) is 12.3 Å². The predicted molar refractivity (Wildman–Crippen MR) is 276 cm³/mol. The molecule has 84 heavy (non-hydrogen) atoms. The minimum atomic E-state index is -2.10. The number of carboxylic acid groups (broad SMARTS) is 1. The molecule has 10 rings (SSSR count). The third-order valence-corrected chi connectivity index (χ3v) is 21.4. The summed E-state index contributed by atoms with van der Waals surface area (Å²) in [6.07, 6.45) is -35.7. The van der Waals surface area contributed by atoms with Gasteiger partial charge in [0.15, 0.2) is 30.9 Å². The molecule has 4 saturated carbocycles. The highest BCUT2D eigenvalue weighted by molar-refractivity contribution is 5.74. The van der Waals surface area contributed by atoms with Gasteiger partial charge >= 0.3 is 11.9 Å². The Labute approximate surface area is 485 Å². The van der Waals surface area contributed by atoms with Crippen LogP contribution in [0.15, 0.2) is 0 Å². The maximum absolute atomic E-state index is 13.9. The van der Waals surface area contributed by atoms with Crippen LogP contribution in [0.1, 0.15) is 98.8 Å². The summed E-state index contributed by atoms with van der Waals surface area (Å²) in [6, 6.07) is 0. The molecule has 10 aliphatic rings. The van der Waals surface area contributed by atoms with Gasteiger partial charge in [0.1, 0.15) is 97.7 Å². The molecule has 0 aromatic carbocycles. The summed E-state index contributed by atoms with van der Waals surface area (Å²) < 4.78 is 67.5. The van der Waals surface area contributed by atoms with Crippen molar-refractivity contribution in [3.8, 4) is 0 Å². The van der Waals surface area contributed by atoms with Crippen molar-refractivity contribution in [1.82, 2.24) is 0 Å². The number of hydrogen-bond acceptors (Lipinski definition) is 27. The van der Waals surface area contributed by atoms with E-state index in [0.717, 1.165) is 32.1 Å². The zero-order chi connectivity index (χ0) is 60.9. The van der Waals surface area contributed by atoms with Crippen molar-refractivity contribution in [2.75, 3.05) is 33.0 Å². The molecule has 28 heteroatoms. The number of aliphatic hydroxyl groups excluding tert-OH is 13. The quantitative estimate of drug-likeness (QED) is 0.0515. The topological polar surface area (TPSA) is 439 Å². The van der Waals surface area contributed by atoms with E-state index in [1.807, 2.05) is 0 Å². The van der Waals surface area contributed by atoms with Crippen molar-refractivity contribution >= 4 is 11.9 Å². The van der Waals surface area contributed by atoms with Crippen molar-refractivity contribution < 1.29 is 138 Å². The van der Waals surface area contributed by atoms with Gasteiger partial charge < -0.3 is 129 Å². The minimum Gasteiger partial charge on any atom is -0.481 e. The Balaban J connectivity index is 0.896. The average Bonchev–Trinajstić information content (AvgIpc) is 1.47. The van der Waals surface area contributed by atoms with Crippen LogP contribution < -0.4 is 0 Å². The van der Waals surface area contributed by atoms with Crippen molar-refractivity contribution in [2.24, 2.45) is 52.3 Å². The van der Waals surface area contributed by atoms with E-state index >= 15 is 0 Å². The van der Waals surface area contributed by atoms with Crippen molar-refractivity contribution in [3.05, 3.63) is 0 Å². The number of fused-ring (bicyclic) bond motifs is 7. The standard InChI is InChI=1S/C56H90O28/c1-21-6-9-56(75-19-21)22(2)37-30(84-56)11-25-23-10-27(60)26-12-29(31(76-36(64)15-53(3,73)14-35(62)63)13-55(26,5)24(23)7-8-54(25,37)4)77-50-45(72)42(69)46(34(18-59)80-50)81-52-48(83-51-44(71)41(68)39(66)32(16-57)78-51)47(40(67)33(17-58)79-52)82-49-43(70)38(65)28(61)20-74-49/h21-34,37-52,57-61,65-73H,6-20H2,1-5H3,(H,62,63). The Morgan fingerprint density at radius 2 is 1.20 bits per heavy atom. The average molecular weight is 1210 g/mol. The Morgan fingerprint density at radius 3 is 1.87 bits per heavy atom. The van der Waals surface area contributed by atoms with Crippen LogP contribution in [-0.4, -0.2) is 274 Å². The van der Waals surface area contributed by atoms with E-state index in [1.54, 1.807) is 0 Å². The molecule has 1 spiro atoms. The maximum Gasteiger partial charge on any atom is 0.309 e. The van der Waals surface area contributed by atoms with Gasteiger partial charge in [-0.1, -0.05) is 27.7 Å². The minimum absolute atomic E-state index is 0.0205. The van der Waals surface area contributed by atoms with Crippen LogP contribution in [0.5, 0.6) is 0 Å². The number of carbonyl (C=O) groups excluding carboxylic acids is 1. The van der Waals surface area contributed by atoms with E-state index in [-0.39, 0.29) is 54.0 Å². The third-order valence-electron chi connectivity index (χ3n) is 21.4. The molecule has 15 N–H and O–H groups in total. The molecular formula is C56H90O28. The van der Waals surface area contributed by atoms with Crippen LogP contribution in [-0.2, 0) is 61.7 Å². The fraction of sp³-hybridized carbons (Fsp3) is 0.964. The monoisotopic (exact) mass is 1210 g/mol. The zero-order valence-electron chi connectivity index (χ0n) is 47.9. The Hall–Kier alpha value is -2.02. The summed E-state index contributed by atoms with van der Waals surface area (Å²) in [5, 5.41) is 164. The second-order valence-corrected chi connectivity index (χ2v) is 26.9. The highest BCUT2D eigenvalue weighted by Gasteiger charge is 2.71. The number of rotatable bonds is 16. The molecule has 6 saturated heterocycles. The lowest BCUT2D eigenvalue weighted by Crippen LogP contribution is -2.68. The first-order valence-corrected chi connectivity index (χ1v) is 29.9. The van der Waals surface area contributed by atoms with Crippen LogP contribution in [0, 0.1) is 52.3 Å². The van der Waals surface area contributed by atoms with Crippen LogP contribution in [0.3, 0.4) is 0 Å². The molecular weight excluding hydrogens is 1120 g/mol. The number of carbonyl (C=O) groups is 2. The zero-order valence-corrected chi connectivity index (χ0v) is 47.9. The van der Waals surface area contributed by atoms with E-state index in [1.165, 1.54) is 6.92 Å². The van der Waals surface area contributed by atoms with Gasteiger partial charge in [-0.15, -0.1) is 0 Å². The van der Waals surface area contributed by atoms with E-state index in [4.69, 9.17) is 52.1 Å². The summed E-state index contributed by atoms with van der Waals surface area (Å²) in [5.41, 5.74) is -2.83. The number of carboxylic acids is 1. The van der Waals surface area contributed by atoms with E-state index in [2.05, 4.69) is 27.7 Å². The number of aliphatic hydroxyl groups is 14. The predicted octanol–water partition coefficient (Wildman–Crippen LogP) is -4.16. The van der Waals surface area contributed by atoms with Gasteiger partial charge in [0.05, 0.1) is 69.8 Å². The molecule has 0 radical (unpaired) electrons. The van der Waals surface area contributed by atoms with Gasteiger partial charge in [-0.3, -0.25) is 9.59 Å². The van der Waals surface area contributed by atoms with Crippen LogP contribution in [0.2, 0.25) is 0 Å². The molecule has 482 valence electrons. The van der Waals surface area contributed by atoms with Crippen molar-refractivity contribution in [1.29, 1.82) is 0 Å².